The van der Waals surface area contributed by atoms with Crippen LogP contribution in [0, 0.1) is 19.8 Å². The number of aryl methyl sites for hydroxylation is 2. The summed E-state index contributed by atoms with van der Waals surface area (Å²) in [6, 6.07) is 11.8. The lowest BCUT2D eigenvalue weighted by Gasteiger charge is -2.32. The van der Waals surface area contributed by atoms with Gasteiger partial charge in [0.2, 0.25) is 5.91 Å². The molecule has 28 heavy (non-hydrogen) atoms. The standard InChI is InChI=1S/C21H24N6O/c1-15-6-7-16(2)18(13-15)23-21(28)17-5-3-11-26(14-17)19-8-9-20(25-24-19)27-12-4-10-22-27/h4,6-10,12-13,17H,3,5,11,14H2,1-2H3,(H,23,28). The van der Waals surface area contributed by atoms with Gasteiger partial charge in [0.1, 0.15) is 0 Å². The van der Waals surface area contributed by atoms with Crippen molar-refractivity contribution < 1.29 is 4.79 Å². The minimum atomic E-state index is -0.0683. The van der Waals surface area contributed by atoms with Gasteiger partial charge in [0, 0.05) is 31.2 Å². The number of anilines is 2. The zero-order valence-corrected chi connectivity index (χ0v) is 16.2. The Morgan fingerprint density at radius 2 is 1.96 bits per heavy atom. The largest absolute Gasteiger partial charge is 0.354 e. The van der Waals surface area contributed by atoms with E-state index < -0.39 is 0 Å². The smallest absolute Gasteiger partial charge is 0.229 e. The zero-order valence-electron chi connectivity index (χ0n) is 16.2. The normalized spacial score (nSPS) is 16.8. The lowest BCUT2D eigenvalue weighted by molar-refractivity contribution is -0.120. The maximum Gasteiger partial charge on any atom is 0.229 e. The summed E-state index contributed by atoms with van der Waals surface area (Å²) < 4.78 is 1.67. The summed E-state index contributed by atoms with van der Waals surface area (Å²) in [5.41, 5.74) is 3.11. The molecular weight excluding hydrogens is 352 g/mol. The first-order valence-electron chi connectivity index (χ1n) is 9.57. The van der Waals surface area contributed by atoms with Gasteiger partial charge >= 0.3 is 0 Å². The molecule has 0 saturated carbocycles. The van der Waals surface area contributed by atoms with Crippen molar-refractivity contribution in [3.05, 3.63) is 59.9 Å². The van der Waals surface area contributed by atoms with Crippen LogP contribution in [0.1, 0.15) is 24.0 Å². The van der Waals surface area contributed by atoms with Gasteiger partial charge < -0.3 is 10.2 Å². The highest BCUT2D eigenvalue weighted by Gasteiger charge is 2.27. The molecule has 1 atom stereocenters. The molecule has 0 spiro atoms. The van der Waals surface area contributed by atoms with Gasteiger partial charge in [-0.1, -0.05) is 12.1 Å². The molecule has 1 unspecified atom stereocenters. The number of piperidine rings is 1. The van der Waals surface area contributed by atoms with Gasteiger partial charge in [-0.05, 0) is 62.1 Å². The highest BCUT2D eigenvalue weighted by molar-refractivity contribution is 5.93. The Bertz CT molecular complexity index is 952. The van der Waals surface area contributed by atoms with Crippen molar-refractivity contribution in [1.29, 1.82) is 0 Å². The third kappa shape index (κ3) is 3.88. The fourth-order valence-corrected chi connectivity index (χ4v) is 3.52. The number of hydrogen-bond donors (Lipinski definition) is 1. The number of nitrogens with zero attached hydrogens (tertiary/aromatic N) is 5. The average molecular weight is 376 g/mol. The minimum absolute atomic E-state index is 0.0683. The molecule has 0 aliphatic carbocycles. The van der Waals surface area contributed by atoms with Crippen LogP contribution in [0.25, 0.3) is 5.82 Å². The molecule has 1 amide bonds. The number of aromatic nitrogens is 4. The fourth-order valence-electron chi connectivity index (χ4n) is 3.52. The predicted octanol–water partition coefficient (Wildman–Crippen LogP) is 3.13. The molecule has 1 aliphatic rings. The van der Waals surface area contributed by atoms with Crippen molar-refractivity contribution in [2.24, 2.45) is 5.92 Å². The second-order valence-corrected chi connectivity index (χ2v) is 7.29. The Kier molecular flexibility index (Phi) is 5.06. The quantitative estimate of drug-likeness (QED) is 0.757. The van der Waals surface area contributed by atoms with Crippen LogP contribution in [0.5, 0.6) is 0 Å². The van der Waals surface area contributed by atoms with Crippen molar-refractivity contribution in [2.45, 2.75) is 26.7 Å². The first-order valence-corrected chi connectivity index (χ1v) is 9.57. The predicted molar refractivity (Wildman–Crippen MR) is 109 cm³/mol. The second-order valence-electron chi connectivity index (χ2n) is 7.29. The van der Waals surface area contributed by atoms with Crippen LogP contribution in [0.3, 0.4) is 0 Å². The van der Waals surface area contributed by atoms with E-state index in [1.54, 1.807) is 10.9 Å². The summed E-state index contributed by atoms with van der Waals surface area (Å²) in [5, 5.41) is 15.9. The molecule has 1 fully saturated rings. The van der Waals surface area contributed by atoms with Crippen molar-refractivity contribution in [1.82, 2.24) is 20.0 Å². The fraction of sp³-hybridized carbons (Fsp3) is 0.333. The molecule has 1 N–H and O–H groups in total. The number of nitrogens with one attached hydrogen (secondary N) is 1. The van der Waals surface area contributed by atoms with Gasteiger partial charge in [0.15, 0.2) is 11.6 Å². The Labute approximate surface area is 164 Å². The van der Waals surface area contributed by atoms with E-state index in [4.69, 9.17) is 0 Å². The Morgan fingerprint density at radius 3 is 2.71 bits per heavy atom. The van der Waals surface area contributed by atoms with Gasteiger partial charge in [0.25, 0.3) is 0 Å². The monoisotopic (exact) mass is 376 g/mol. The Balaban J connectivity index is 1.44. The van der Waals surface area contributed by atoms with Crippen LogP contribution in [0.4, 0.5) is 11.5 Å². The van der Waals surface area contributed by atoms with Gasteiger partial charge in [-0.25, -0.2) is 4.68 Å². The Morgan fingerprint density at radius 1 is 1.14 bits per heavy atom. The topological polar surface area (TPSA) is 75.9 Å². The van der Waals surface area contributed by atoms with Crippen LogP contribution in [-0.2, 0) is 4.79 Å². The first-order chi connectivity index (χ1) is 13.6. The Hall–Kier alpha value is -3.22. The van der Waals surface area contributed by atoms with Crippen molar-refractivity contribution in [3.8, 4) is 5.82 Å². The summed E-state index contributed by atoms with van der Waals surface area (Å²) in [4.78, 5) is 15.0. The summed E-state index contributed by atoms with van der Waals surface area (Å²) in [6.45, 7) is 5.57. The molecule has 0 bridgehead atoms. The third-order valence-electron chi connectivity index (χ3n) is 5.14. The number of amides is 1. The summed E-state index contributed by atoms with van der Waals surface area (Å²) in [5.74, 6) is 1.47. The summed E-state index contributed by atoms with van der Waals surface area (Å²) in [6.07, 6.45) is 5.37. The zero-order chi connectivity index (χ0) is 19.5. The number of carbonyl (C=O) groups excluding carboxylic acids is 1. The van der Waals surface area contributed by atoms with Gasteiger partial charge in [-0.2, -0.15) is 5.10 Å². The second kappa shape index (κ2) is 7.80. The highest BCUT2D eigenvalue weighted by atomic mass is 16.1. The molecule has 7 nitrogen and oxygen atoms in total. The molecule has 1 aromatic carbocycles. The van der Waals surface area contributed by atoms with E-state index in [1.807, 2.05) is 50.4 Å². The highest BCUT2D eigenvalue weighted by Crippen LogP contribution is 2.24. The number of carbonyl (C=O) groups is 1. The minimum Gasteiger partial charge on any atom is -0.354 e. The van der Waals surface area contributed by atoms with Gasteiger partial charge in [0.05, 0.1) is 5.92 Å². The van der Waals surface area contributed by atoms with Crippen LogP contribution in [-0.4, -0.2) is 39.0 Å². The maximum absolute atomic E-state index is 12.8. The van der Waals surface area contributed by atoms with Crippen molar-refractivity contribution >= 4 is 17.4 Å². The number of benzene rings is 1. The first kappa shape index (κ1) is 18.2. The molecule has 3 heterocycles. The molecule has 7 heteroatoms. The van der Waals surface area contributed by atoms with Gasteiger partial charge in [-0.3, -0.25) is 4.79 Å². The van der Waals surface area contributed by atoms with E-state index in [-0.39, 0.29) is 11.8 Å². The third-order valence-corrected chi connectivity index (χ3v) is 5.14. The van der Waals surface area contributed by atoms with E-state index >= 15 is 0 Å². The van der Waals surface area contributed by atoms with Crippen LogP contribution >= 0.6 is 0 Å². The molecule has 144 valence electrons. The van der Waals surface area contributed by atoms with E-state index in [9.17, 15) is 4.79 Å². The van der Waals surface area contributed by atoms with Gasteiger partial charge in [-0.15, -0.1) is 10.2 Å². The summed E-state index contributed by atoms with van der Waals surface area (Å²) in [7, 11) is 0. The molecule has 3 aromatic rings. The maximum atomic E-state index is 12.8. The molecule has 0 radical (unpaired) electrons. The average Bonchev–Trinajstić information content (AvgIpc) is 3.26. The molecule has 2 aromatic heterocycles. The lowest BCUT2D eigenvalue weighted by atomic mass is 9.96. The van der Waals surface area contributed by atoms with E-state index in [1.165, 1.54) is 0 Å². The SMILES string of the molecule is Cc1ccc(C)c(NC(=O)C2CCCN(c3ccc(-n4cccn4)nn3)C2)c1. The molecule has 4 rings (SSSR count). The molecule has 1 aliphatic heterocycles. The summed E-state index contributed by atoms with van der Waals surface area (Å²) >= 11 is 0. The number of hydrogen-bond acceptors (Lipinski definition) is 5. The lowest BCUT2D eigenvalue weighted by Crippen LogP contribution is -2.41. The van der Waals surface area contributed by atoms with E-state index in [0.29, 0.717) is 12.4 Å². The van der Waals surface area contributed by atoms with Crippen LogP contribution < -0.4 is 10.2 Å². The molecular formula is C21H24N6O. The van der Waals surface area contributed by atoms with Crippen LogP contribution in [0.15, 0.2) is 48.8 Å². The van der Waals surface area contributed by atoms with E-state index in [0.717, 1.165) is 42.0 Å². The number of rotatable bonds is 4. The van der Waals surface area contributed by atoms with Crippen LogP contribution in [0.2, 0.25) is 0 Å². The van der Waals surface area contributed by atoms with Crippen molar-refractivity contribution in [2.75, 3.05) is 23.3 Å². The van der Waals surface area contributed by atoms with Crippen molar-refractivity contribution in [3.63, 3.8) is 0 Å². The van der Waals surface area contributed by atoms with E-state index in [2.05, 4.69) is 31.6 Å². The molecule has 1 saturated heterocycles.